The van der Waals surface area contributed by atoms with Gasteiger partial charge in [0.05, 0.1) is 4.92 Å². The summed E-state index contributed by atoms with van der Waals surface area (Å²) in [6.45, 7) is 0.0412. The molecule has 0 bridgehead atoms. The lowest BCUT2D eigenvalue weighted by molar-refractivity contribution is -0.384. The summed E-state index contributed by atoms with van der Waals surface area (Å²) >= 11 is 0. The second kappa shape index (κ2) is 5.33. The van der Waals surface area contributed by atoms with E-state index in [4.69, 9.17) is 10.2 Å². The molecule has 1 heterocycles. The van der Waals surface area contributed by atoms with Crippen LogP contribution in [0, 0.1) is 17.0 Å². The highest BCUT2D eigenvalue weighted by atomic mass is 16.6. The molecule has 0 saturated heterocycles. The van der Waals surface area contributed by atoms with Gasteiger partial charge in [0.15, 0.2) is 0 Å². The van der Waals surface area contributed by atoms with Crippen LogP contribution < -0.4 is 4.90 Å². The van der Waals surface area contributed by atoms with Gasteiger partial charge in [0.1, 0.15) is 18.8 Å². The Hall–Kier alpha value is -2.65. The fourth-order valence-corrected chi connectivity index (χ4v) is 1.74. The molecular weight excluding hydrogens is 260 g/mol. The predicted molar refractivity (Wildman–Crippen MR) is 62.1 cm³/mol. The number of rotatable bonds is 6. The van der Waals surface area contributed by atoms with Crippen molar-refractivity contribution in [1.82, 2.24) is 9.78 Å². The number of carboxylic acid groups (broad SMARTS) is 2. The Kier molecular flexibility index (Phi) is 4.04. The maximum absolute atomic E-state index is 11.0. The summed E-state index contributed by atoms with van der Waals surface area (Å²) in [5, 5.41) is 32.3. The van der Waals surface area contributed by atoms with Crippen LogP contribution in [0.4, 0.5) is 11.5 Å². The first-order valence-electron chi connectivity index (χ1n) is 5.10. The Labute approximate surface area is 107 Å². The van der Waals surface area contributed by atoms with E-state index in [1.165, 1.54) is 14.0 Å². The summed E-state index contributed by atoms with van der Waals surface area (Å²) in [7, 11) is 1.38. The molecule has 0 amide bonds. The quantitative estimate of drug-likeness (QED) is 0.527. The highest BCUT2D eigenvalue weighted by molar-refractivity contribution is 5.81. The fourth-order valence-electron chi connectivity index (χ4n) is 1.74. The van der Waals surface area contributed by atoms with Gasteiger partial charge in [0.25, 0.3) is 0 Å². The first-order chi connectivity index (χ1) is 8.73. The van der Waals surface area contributed by atoms with Crippen LogP contribution >= 0.6 is 0 Å². The fraction of sp³-hybridized carbons (Fsp3) is 0.444. The molecule has 0 fully saturated rings. The van der Waals surface area contributed by atoms with Crippen LogP contribution in [0.5, 0.6) is 0 Å². The zero-order valence-electron chi connectivity index (χ0n) is 10.2. The van der Waals surface area contributed by atoms with Crippen LogP contribution in [0.2, 0.25) is 0 Å². The zero-order valence-corrected chi connectivity index (χ0v) is 10.2. The second-order valence-corrected chi connectivity index (χ2v) is 3.78. The number of hydrogen-bond acceptors (Lipinski definition) is 6. The maximum atomic E-state index is 11.0. The van der Waals surface area contributed by atoms with E-state index in [0.717, 1.165) is 9.58 Å². The Morgan fingerprint density at radius 2 is 1.84 bits per heavy atom. The van der Waals surface area contributed by atoms with E-state index in [2.05, 4.69) is 5.10 Å². The van der Waals surface area contributed by atoms with Gasteiger partial charge in [-0.2, -0.15) is 5.10 Å². The molecule has 2 N–H and O–H groups in total. The molecule has 10 nitrogen and oxygen atoms in total. The van der Waals surface area contributed by atoms with Gasteiger partial charge >= 0.3 is 17.6 Å². The molecule has 19 heavy (non-hydrogen) atoms. The van der Waals surface area contributed by atoms with E-state index in [9.17, 15) is 19.7 Å². The number of nitro groups is 1. The molecule has 1 rings (SSSR count). The molecule has 0 aliphatic carbocycles. The third-order valence-electron chi connectivity index (χ3n) is 2.30. The monoisotopic (exact) mass is 272 g/mol. The van der Waals surface area contributed by atoms with E-state index in [-0.39, 0.29) is 11.5 Å². The molecule has 0 spiro atoms. The SMILES string of the molecule is Cc1nn(C)c(N(CC(=O)O)CC(=O)O)c1[N+](=O)[O-]. The molecule has 10 heteroatoms. The van der Waals surface area contributed by atoms with Crippen molar-refractivity contribution in [3.05, 3.63) is 15.8 Å². The average Bonchev–Trinajstić information content (AvgIpc) is 2.50. The molecule has 0 atom stereocenters. The number of nitrogens with zero attached hydrogens (tertiary/aromatic N) is 4. The van der Waals surface area contributed by atoms with Crippen molar-refractivity contribution in [3.63, 3.8) is 0 Å². The molecule has 0 unspecified atom stereocenters. The first-order valence-corrected chi connectivity index (χ1v) is 5.10. The van der Waals surface area contributed by atoms with E-state index in [0.29, 0.717) is 0 Å². The zero-order chi connectivity index (χ0) is 14.7. The van der Waals surface area contributed by atoms with Crippen molar-refractivity contribution in [3.8, 4) is 0 Å². The van der Waals surface area contributed by atoms with Gasteiger partial charge in [-0.25, -0.2) is 4.68 Å². The highest BCUT2D eigenvalue weighted by Crippen LogP contribution is 2.30. The lowest BCUT2D eigenvalue weighted by atomic mass is 10.3. The average molecular weight is 272 g/mol. The standard InChI is InChI=1S/C9H12N4O6/c1-5-8(13(18)19)9(11(2)10-5)12(3-6(14)15)4-7(16)17/h3-4H2,1-2H3,(H,14,15)(H,16,17). The van der Waals surface area contributed by atoms with Crippen molar-refractivity contribution in [2.45, 2.75) is 6.92 Å². The molecule has 0 aliphatic heterocycles. The maximum Gasteiger partial charge on any atom is 0.333 e. The van der Waals surface area contributed by atoms with Crippen molar-refractivity contribution >= 4 is 23.4 Å². The largest absolute Gasteiger partial charge is 0.480 e. The number of aromatic nitrogens is 2. The molecule has 0 radical (unpaired) electrons. The highest BCUT2D eigenvalue weighted by Gasteiger charge is 2.30. The topological polar surface area (TPSA) is 139 Å². The Bertz CT molecular complexity index is 521. The molecular formula is C9H12N4O6. The van der Waals surface area contributed by atoms with Crippen molar-refractivity contribution in [1.29, 1.82) is 0 Å². The number of carboxylic acids is 2. The van der Waals surface area contributed by atoms with Crippen LogP contribution in [-0.4, -0.2) is 49.9 Å². The molecule has 104 valence electrons. The lowest BCUT2D eigenvalue weighted by Gasteiger charge is -2.19. The van der Waals surface area contributed by atoms with E-state index in [1.807, 2.05) is 0 Å². The van der Waals surface area contributed by atoms with E-state index in [1.54, 1.807) is 0 Å². The van der Waals surface area contributed by atoms with Gasteiger partial charge < -0.3 is 15.1 Å². The number of anilines is 1. The van der Waals surface area contributed by atoms with E-state index >= 15 is 0 Å². The normalized spacial score (nSPS) is 10.2. The molecule has 1 aromatic rings. The third-order valence-corrected chi connectivity index (χ3v) is 2.30. The summed E-state index contributed by atoms with van der Waals surface area (Å²) in [5.41, 5.74) is -0.312. The minimum absolute atomic E-state index is 0.0864. The van der Waals surface area contributed by atoms with Crippen molar-refractivity contribution in [2.75, 3.05) is 18.0 Å². The predicted octanol–water partition coefficient (Wildman–Crippen LogP) is -0.388. The van der Waals surface area contributed by atoms with Crippen LogP contribution in [0.1, 0.15) is 5.69 Å². The van der Waals surface area contributed by atoms with Crippen LogP contribution in [0.3, 0.4) is 0 Å². The smallest absolute Gasteiger partial charge is 0.333 e. The van der Waals surface area contributed by atoms with Gasteiger partial charge in [-0.3, -0.25) is 19.7 Å². The molecule has 0 saturated carbocycles. The van der Waals surface area contributed by atoms with Crippen LogP contribution in [-0.2, 0) is 16.6 Å². The summed E-state index contributed by atoms with van der Waals surface area (Å²) in [6.07, 6.45) is 0. The van der Waals surface area contributed by atoms with Gasteiger partial charge in [-0.05, 0) is 6.92 Å². The van der Waals surface area contributed by atoms with Crippen molar-refractivity contribution in [2.24, 2.45) is 7.05 Å². The van der Waals surface area contributed by atoms with Crippen molar-refractivity contribution < 1.29 is 24.7 Å². The summed E-state index contributed by atoms with van der Waals surface area (Å²) in [4.78, 5) is 32.6. The lowest BCUT2D eigenvalue weighted by Crippen LogP contribution is -2.36. The molecule has 1 aromatic heterocycles. The Morgan fingerprint density at radius 1 is 1.37 bits per heavy atom. The van der Waals surface area contributed by atoms with Gasteiger partial charge in [0.2, 0.25) is 5.82 Å². The molecule has 0 aromatic carbocycles. The number of aliphatic carboxylic acids is 2. The minimum atomic E-state index is -1.30. The first kappa shape index (κ1) is 14.4. The van der Waals surface area contributed by atoms with Crippen LogP contribution in [0.15, 0.2) is 0 Å². The minimum Gasteiger partial charge on any atom is -0.480 e. The number of aryl methyl sites for hydroxylation is 2. The summed E-state index contributed by atoms with van der Waals surface area (Å²) in [6, 6.07) is 0. The second-order valence-electron chi connectivity index (χ2n) is 3.78. The Morgan fingerprint density at radius 3 is 2.21 bits per heavy atom. The van der Waals surface area contributed by atoms with E-state index < -0.39 is 35.6 Å². The molecule has 0 aliphatic rings. The van der Waals surface area contributed by atoms with Gasteiger partial charge in [-0.15, -0.1) is 0 Å². The summed E-state index contributed by atoms with van der Waals surface area (Å²) < 4.78 is 1.10. The van der Waals surface area contributed by atoms with Gasteiger partial charge in [-0.1, -0.05) is 0 Å². The number of carbonyl (C=O) groups is 2. The number of hydrogen-bond donors (Lipinski definition) is 2. The third kappa shape index (κ3) is 3.18. The Balaban J connectivity index is 3.32. The summed E-state index contributed by atoms with van der Waals surface area (Å²) in [5.74, 6) is -2.74. The van der Waals surface area contributed by atoms with Gasteiger partial charge in [0, 0.05) is 7.05 Å². The van der Waals surface area contributed by atoms with Crippen LogP contribution in [0.25, 0.3) is 0 Å².